The summed E-state index contributed by atoms with van der Waals surface area (Å²) in [4.78, 5) is 16.6. The van der Waals surface area contributed by atoms with Gasteiger partial charge in [0.1, 0.15) is 10.6 Å². The molecule has 6 heteroatoms. The number of rotatable bonds is 4. The van der Waals surface area contributed by atoms with Gasteiger partial charge >= 0.3 is 0 Å². The maximum Gasteiger partial charge on any atom is 0.261 e. The second-order valence-electron chi connectivity index (χ2n) is 4.38. The Bertz CT molecular complexity index is 701. The quantitative estimate of drug-likeness (QED) is 0.847. The predicted molar refractivity (Wildman–Crippen MR) is 85.8 cm³/mol. The SMILES string of the molecule is COc1ncccc1C(=O)Nc1cccc(C)c1C(N)=S. The van der Waals surface area contributed by atoms with Gasteiger partial charge in [0.2, 0.25) is 5.88 Å². The molecule has 0 saturated carbocycles. The predicted octanol–water partition coefficient (Wildman–Crippen LogP) is 2.29. The van der Waals surface area contributed by atoms with Crippen molar-refractivity contribution < 1.29 is 9.53 Å². The van der Waals surface area contributed by atoms with Crippen molar-refractivity contribution in [1.82, 2.24) is 4.98 Å². The van der Waals surface area contributed by atoms with Crippen LogP contribution < -0.4 is 15.8 Å². The van der Waals surface area contributed by atoms with Crippen molar-refractivity contribution in [2.45, 2.75) is 6.92 Å². The molecule has 0 unspecified atom stereocenters. The summed E-state index contributed by atoms with van der Waals surface area (Å²) < 4.78 is 5.08. The largest absolute Gasteiger partial charge is 0.480 e. The topological polar surface area (TPSA) is 77.2 Å². The van der Waals surface area contributed by atoms with E-state index in [4.69, 9.17) is 22.7 Å². The minimum Gasteiger partial charge on any atom is -0.480 e. The van der Waals surface area contributed by atoms with Crippen LogP contribution in [0.2, 0.25) is 0 Å². The van der Waals surface area contributed by atoms with Crippen molar-refractivity contribution >= 4 is 28.8 Å². The highest BCUT2D eigenvalue weighted by atomic mass is 32.1. The van der Waals surface area contributed by atoms with Crippen molar-refractivity contribution in [2.75, 3.05) is 12.4 Å². The molecule has 0 fully saturated rings. The van der Waals surface area contributed by atoms with Crippen LogP contribution in [-0.4, -0.2) is 23.0 Å². The molecule has 0 bridgehead atoms. The number of nitrogens with zero attached hydrogens (tertiary/aromatic N) is 1. The first kappa shape index (κ1) is 14.9. The molecule has 1 heterocycles. The van der Waals surface area contributed by atoms with Crippen molar-refractivity contribution in [3.05, 3.63) is 53.2 Å². The lowest BCUT2D eigenvalue weighted by molar-refractivity contribution is 0.102. The monoisotopic (exact) mass is 301 g/mol. The van der Waals surface area contributed by atoms with Gasteiger partial charge in [0.25, 0.3) is 5.91 Å². The lowest BCUT2D eigenvalue weighted by Crippen LogP contribution is -2.19. The van der Waals surface area contributed by atoms with Gasteiger partial charge in [0.15, 0.2) is 0 Å². The molecule has 0 aliphatic carbocycles. The first-order valence-electron chi connectivity index (χ1n) is 6.24. The first-order valence-corrected chi connectivity index (χ1v) is 6.65. The van der Waals surface area contributed by atoms with Crippen LogP contribution in [0.1, 0.15) is 21.5 Å². The summed E-state index contributed by atoms with van der Waals surface area (Å²) in [5.74, 6) is -0.0671. The number of nitrogens with one attached hydrogen (secondary N) is 1. The second kappa shape index (κ2) is 6.32. The van der Waals surface area contributed by atoms with E-state index in [1.54, 1.807) is 24.4 Å². The number of hydrogen-bond donors (Lipinski definition) is 2. The zero-order chi connectivity index (χ0) is 15.4. The maximum absolute atomic E-state index is 12.4. The fourth-order valence-corrected chi connectivity index (χ4v) is 2.29. The molecule has 0 aliphatic heterocycles. The molecule has 0 radical (unpaired) electrons. The molecule has 0 saturated heterocycles. The van der Waals surface area contributed by atoms with E-state index in [2.05, 4.69) is 10.3 Å². The summed E-state index contributed by atoms with van der Waals surface area (Å²) in [6.45, 7) is 1.88. The highest BCUT2D eigenvalue weighted by Crippen LogP contribution is 2.22. The highest BCUT2D eigenvalue weighted by Gasteiger charge is 2.16. The van der Waals surface area contributed by atoms with Crippen molar-refractivity contribution in [1.29, 1.82) is 0 Å². The molecule has 5 nitrogen and oxygen atoms in total. The third-order valence-corrected chi connectivity index (χ3v) is 3.18. The summed E-state index contributed by atoms with van der Waals surface area (Å²) in [5.41, 5.74) is 8.20. The van der Waals surface area contributed by atoms with E-state index < -0.39 is 0 Å². The summed E-state index contributed by atoms with van der Waals surface area (Å²) in [6, 6.07) is 8.77. The smallest absolute Gasteiger partial charge is 0.261 e. The molecule has 21 heavy (non-hydrogen) atoms. The average molecular weight is 301 g/mol. The molecule has 2 aromatic rings. The number of aromatic nitrogens is 1. The van der Waals surface area contributed by atoms with Gasteiger partial charge in [-0.1, -0.05) is 24.4 Å². The van der Waals surface area contributed by atoms with E-state index >= 15 is 0 Å². The maximum atomic E-state index is 12.4. The Morgan fingerprint density at radius 3 is 2.76 bits per heavy atom. The van der Waals surface area contributed by atoms with Crippen LogP contribution in [0.25, 0.3) is 0 Å². The minimum absolute atomic E-state index is 0.238. The standard InChI is InChI=1S/C15H15N3O2S/c1-9-5-3-7-11(12(9)13(16)21)18-14(19)10-6-4-8-17-15(10)20-2/h3-8H,1-2H3,(H2,16,21)(H,18,19). The number of carbonyl (C=O) groups is 1. The third kappa shape index (κ3) is 3.17. The van der Waals surface area contributed by atoms with E-state index in [1.807, 2.05) is 19.1 Å². The molecular weight excluding hydrogens is 286 g/mol. The Morgan fingerprint density at radius 2 is 2.10 bits per heavy atom. The average Bonchev–Trinajstić information content (AvgIpc) is 2.46. The lowest BCUT2D eigenvalue weighted by atomic mass is 10.1. The van der Waals surface area contributed by atoms with Crippen LogP contribution in [0, 0.1) is 6.92 Å². The van der Waals surface area contributed by atoms with Crippen LogP contribution in [-0.2, 0) is 0 Å². The molecule has 108 valence electrons. The Labute approximate surface area is 128 Å². The normalized spacial score (nSPS) is 10.0. The number of aryl methyl sites for hydroxylation is 1. The number of benzene rings is 1. The Hall–Kier alpha value is -2.47. The minimum atomic E-state index is -0.331. The van der Waals surface area contributed by atoms with Gasteiger partial charge in [0, 0.05) is 11.8 Å². The van der Waals surface area contributed by atoms with Crippen molar-refractivity contribution in [3.8, 4) is 5.88 Å². The Balaban J connectivity index is 2.37. The van der Waals surface area contributed by atoms with Gasteiger partial charge in [-0.15, -0.1) is 0 Å². The van der Waals surface area contributed by atoms with Crippen LogP contribution in [0.3, 0.4) is 0 Å². The molecule has 1 aromatic heterocycles. The fourth-order valence-electron chi connectivity index (χ4n) is 2.01. The Kier molecular flexibility index (Phi) is 4.49. The summed E-state index contributed by atoms with van der Waals surface area (Å²) in [5, 5.41) is 2.80. The molecule has 3 N–H and O–H groups in total. The molecule has 0 spiro atoms. The third-order valence-electron chi connectivity index (χ3n) is 2.98. The number of thiocarbonyl (C=S) groups is 1. The number of anilines is 1. The number of pyridine rings is 1. The van der Waals surface area contributed by atoms with Gasteiger partial charge in [-0.05, 0) is 30.7 Å². The zero-order valence-electron chi connectivity index (χ0n) is 11.7. The number of methoxy groups -OCH3 is 1. The van der Waals surface area contributed by atoms with Crippen LogP contribution in [0.15, 0.2) is 36.5 Å². The van der Waals surface area contributed by atoms with E-state index in [0.717, 1.165) is 5.56 Å². The molecule has 1 aromatic carbocycles. The highest BCUT2D eigenvalue weighted by molar-refractivity contribution is 7.80. The molecule has 0 atom stereocenters. The first-order chi connectivity index (χ1) is 10.0. The van der Waals surface area contributed by atoms with E-state index in [0.29, 0.717) is 16.8 Å². The summed E-state index contributed by atoms with van der Waals surface area (Å²) >= 11 is 5.04. The van der Waals surface area contributed by atoms with Crippen molar-refractivity contribution in [3.63, 3.8) is 0 Å². The van der Waals surface area contributed by atoms with Gasteiger partial charge < -0.3 is 15.8 Å². The lowest BCUT2D eigenvalue weighted by Gasteiger charge is -2.13. The number of nitrogens with two attached hydrogens (primary N) is 1. The molecular formula is C15H15N3O2S. The number of hydrogen-bond acceptors (Lipinski definition) is 4. The van der Waals surface area contributed by atoms with Crippen molar-refractivity contribution in [2.24, 2.45) is 5.73 Å². The Morgan fingerprint density at radius 1 is 1.33 bits per heavy atom. The van der Waals surface area contributed by atoms with E-state index in [9.17, 15) is 4.79 Å². The van der Waals surface area contributed by atoms with Crippen LogP contribution in [0.5, 0.6) is 5.88 Å². The summed E-state index contributed by atoms with van der Waals surface area (Å²) in [6.07, 6.45) is 1.56. The van der Waals surface area contributed by atoms with Gasteiger partial charge in [0.05, 0.1) is 12.8 Å². The zero-order valence-corrected chi connectivity index (χ0v) is 12.5. The van der Waals surface area contributed by atoms with Gasteiger partial charge in [-0.25, -0.2) is 4.98 Å². The summed E-state index contributed by atoms with van der Waals surface area (Å²) in [7, 11) is 1.46. The van der Waals surface area contributed by atoms with Gasteiger partial charge in [-0.3, -0.25) is 4.79 Å². The molecule has 2 rings (SSSR count). The molecule has 1 amide bonds. The molecule has 0 aliphatic rings. The van der Waals surface area contributed by atoms with E-state index in [-0.39, 0.29) is 16.8 Å². The van der Waals surface area contributed by atoms with Crippen LogP contribution >= 0.6 is 12.2 Å². The number of ether oxygens (including phenoxy) is 1. The number of carbonyl (C=O) groups excluding carboxylic acids is 1. The fraction of sp³-hybridized carbons (Fsp3) is 0.133. The van der Waals surface area contributed by atoms with Crippen LogP contribution in [0.4, 0.5) is 5.69 Å². The number of amides is 1. The van der Waals surface area contributed by atoms with E-state index in [1.165, 1.54) is 7.11 Å². The second-order valence-corrected chi connectivity index (χ2v) is 4.82. The van der Waals surface area contributed by atoms with Gasteiger partial charge in [-0.2, -0.15) is 0 Å².